The molecule has 0 saturated carbocycles. The molecule has 0 aliphatic carbocycles. The lowest BCUT2D eigenvalue weighted by molar-refractivity contribution is -0.126. The van der Waals surface area contributed by atoms with Crippen molar-refractivity contribution >= 4 is 11.6 Å². The van der Waals surface area contributed by atoms with Gasteiger partial charge in [0, 0.05) is 26.3 Å². The van der Waals surface area contributed by atoms with Crippen LogP contribution in [0, 0.1) is 0 Å². The van der Waals surface area contributed by atoms with Crippen LogP contribution in [0.15, 0.2) is 24.3 Å². The summed E-state index contributed by atoms with van der Waals surface area (Å²) in [5.41, 5.74) is 7.50. The fraction of sp³-hybridized carbons (Fsp3) is 0.588. The van der Waals surface area contributed by atoms with Gasteiger partial charge in [0.05, 0.1) is 19.3 Å². The van der Waals surface area contributed by atoms with Gasteiger partial charge in [0.25, 0.3) is 0 Å². The monoisotopic (exact) mass is 335 g/mol. The van der Waals surface area contributed by atoms with Gasteiger partial charge in [-0.25, -0.2) is 0 Å². The molecule has 1 aromatic carbocycles. The Morgan fingerprint density at radius 1 is 1.25 bits per heavy atom. The maximum absolute atomic E-state index is 10.8. The molecule has 1 amide bonds. The lowest BCUT2D eigenvalue weighted by Gasteiger charge is -2.18. The van der Waals surface area contributed by atoms with Gasteiger partial charge in [-0.15, -0.1) is 0 Å². The lowest BCUT2D eigenvalue weighted by atomic mass is 10.1. The molecule has 2 heterocycles. The van der Waals surface area contributed by atoms with Crippen molar-refractivity contribution in [3.05, 3.63) is 29.8 Å². The van der Waals surface area contributed by atoms with Crippen LogP contribution in [-0.4, -0.2) is 64.2 Å². The van der Waals surface area contributed by atoms with Crippen molar-refractivity contribution in [1.82, 2.24) is 5.32 Å². The van der Waals surface area contributed by atoms with Gasteiger partial charge in [0.2, 0.25) is 5.91 Å². The summed E-state index contributed by atoms with van der Waals surface area (Å²) in [6.45, 7) is 1.65. The number of primary amides is 1. The molecule has 0 radical (unpaired) electrons. The van der Waals surface area contributed by atoms with Crippen LogP contribution in [0.25, 0.3) is 0 Å². The van der Waals surface area contributed by atoms with E-state index in [9.17, 15) is 4.79 Å². The molecule has 0 unspecified atom stereocenters. The molecule has 1 aromatic rings. The molecule has 3 N–H and O–H groups in total. The second-order valence-electron chi connectivity index (χ2n) is 6.46. The smallest absolute Gasteiger partial charge is 0.243 e. The molecular weight excluding hydrogens is 310 g/mol. The van der Waals surface area contributed by atoms with Gasteiger partial charge in [-0.3, -0.25) is 4.79 Å². The van der Waals surface area contributed by atoms with Gasteiger partial charge in [0.15, 0.2) is 0 Å². The Kier molecular flexibility index (Phi) is 5.35. The van der Waals surface area contributed by atoms with E-state index in [1.54, 1.807) is 0 Å². The summed E-state index contributed by atoms with van der Waals surface area (Å²) in [6.07, 6.45) is -0.421. The van der Waals surface area contributed by atoms with Crippen LogP contribution in [0.1, 0.15) is 5.56 Å². The quantitative estimate of drug-likeness (QED) is 0.722. The second-order valence-corrected chi connectivity index (χ2v) is 6.46. The van der Waals surface area contributed by atoms with Gasteiger partial charge in [-0.05, 0) is 17.7 Å². The van der Waals surface area contributed by atoms with E-state index in [1.165, 1.54) is 11.3 Å². The molecule has 2 aliphatic heterocycles. The molecular formula is C17H25N3O4. The molecule has 2 aliphatic rings. The summed E-state index contributed by atoms with van der Waals surface area (Å²) in [5.74, 6) is -0.479. The van der Waals surface area contributed by atoms with E-state index in [4.69, 9.17) is 19.9 Å². The number of benzene rings is 1. The topological polar surface area (TPSA) is 86.1 Å². The Balaban J connectivity index is 1.50. The van der Waals surface area contributed by atoms with Gasteiger partial charge in [-0.1, -0.05) is 12.1 Å². The summed E-state index contributed by atoms with van der Waals surface area (Å²) in [5, 5.41) is 3.49. The number of amides is 1. The zero-order valence-electron chi connectivity index (χ0n) is 14.1. The molecule has 132 valence electrons. The van der Waals surface area contributed by atoms with Crippen molar-refractivity contribution in [1.29, 1.82) is 0 Å². The number of carbonyl (C=O) groups excluding carboxylic acids is 1. The maximum Gasteiger partial charge on any atom is 0.243 e. The highest BCUT2D eigenvalue weighted by molar-refractivity contribution is 5.75. The first-order valence-corrected chi connectivity index (χ1v) is 8.17. The lowest BCUT2D eigenvalue weighted by Crippen LogP contribution is -2.41. The minimum atomic E-state index is -0.479. The molecule has 3 rings (SSSR count). The van der Waals surface area contributed by atoms with E-state index >= 15 is 0 Å². The zero-order chi connectivity index (χ0) is 17.1. The third-order valence-electron chi connectivity index (χ3n) is 4.47. The summed E-state index contributed by atoms with van der Waals surface area (Å²) >= 11 is 0. The standard InChI is InChI=1S/C17H25N3O4/c1-20(2)12-5-3-11(4-6-12)7-19-13-8-23-17-14(9-24-16(13)17)22-10-15(18)21/h3-6,13-14,16-17,19H,7-10H2,1-2H3,(H2,18,21)/t13-,14+,16+,17+/m0/s1. The van der Waals surface area contributed by atoms with Gasteiger partial charge < -0.3 is 30.2 Å². The van der Waals surface area contributed by atoms with E-state index in [1.807, 2.05) is 14.1 Å². The molecule has 7 nitrogen and oxygen atoms in total. The van der Waals surface area contributed by atoms with Crippen molar-refractivity contribution < 1.29 is 19.0 Å². The molecule has 0 bridgehead atoms. The molecule has 2 fully saturated rings. The molecule has 0 spiro atoms. The van der Waals surface area contributed by atoms with Crippen molar-refractivity contribution in [3.63, 3.8) is 0 Å². The van der Waals surface area contributed by atoms with Crippen LogP contribution >= 0.6 is 0 Å². The number of carbonyl (C=O) groups is 1. The van der Waals surface area contributed by atoms with Crippen LogP contribution in [-0.2, 0) is 25.5 Å². The third-order valence-corrected chi connectivity index (χ3v) is 4.47. The number of nitrogens with two attached hydrogens (primary N) is 1. The number of nitrogens with zero attached hydrogens (tertiary/aromatic N) is 1. The summed E-state index contributed by atoms with van der Waals surface area (Å²) < 4.78 is 17.1. The third kappa shape index (κ3) is 3.87. The second kappa shape index (κ2) is 7.48. The first-order valence-electron chi connectivity index (χ1n) is 8.17. The van der Waals surface area contributed by atoms with Crippen LogP contribution in [0.4, 0.5) is 5.69 Å². The number of hydrogen-bond donors (Lipinski definition) is 2. The number of anilines is 1. The SMILES string of the molecule is CN(C)c1ccc(CN[C@H]2CO[C@H]3[C@@H]2OC[C@H]3OCC(N)=O)cc1. The highest BCUT2D eigenvalue weighted by atomic mass is 16.6. The van der Waals surface area contributed by atoms with E-state index in [2.05, 4.69) is 34.5 Å². The first-order chi connectivity index (χ1) is 11.5. The summed E-state index contributed by atoms with van der Waals surface area (Å²) in [4.78, 5) is 12.9. The fourth-order valence-corrected chi connectivity index (χ4v) is 3.13. The van der Waals surface area contributed by atoms with Crippen LogP contribution in [0.5, 0.6) is 0 Å². The number of ether oxygens (including phenoxy) is 3. The van der Waals surface area contributed by atoms with Gasteiger partial charge in [0.1, 0.15) is 24.9 Å². The van der Waals surface area contributed by atoms with Crippen LogP contribution in [0.3, 0.4) is 0 Å². The average molecular weight is 335 g/mol. The fourth-order valence-electron chi connectivity index (χ4n) is 3.13. The molecule has 7 heteroatoms. The van der Waals surface area contributed by atoms with Crippen LogP contribution in [0.2, 0.25) is 0 Å². The summed E-state index contributed by atoms with van der Waals surface area (Å²) in [7, 11) is 4.05. The minimum absolute atomic E-state index is 0.0519. The first kappa shape index (κ1) is 17.2. The normalized spacial score (nSPS) is 28.8. The van der Waals surface area contributed by atoms with Crippen LogP contribution < -0.4 is 16.0 Å². The maximum atomic E-state index is 10.8. The molecule has 2 saturated heterocycles. The predicted octanol–water partition coefficient (Wildman–Crippen LogP) is -0.121. The molecule has 24 heavy (non-hydrogen) atoms. The predicted molar refractivity (Wildman–Crippen MR) is 89.8 cm³/mol. The Hall–Kier alpha value is -1.67. The van der Waals surface area contributed by atoms with E-state index in [-0.39, 0.29) is 31.0 Å². The van der Waals surface area contributed by atoms with Crippen molar-refractivity contribution in [2.24, 2.45) is 5.73 Å². The highest BCUT2D eigenvalue weighted by Crippen LogP contribution is 2.29. The molecule has 0 aromatic heterocycles. The highest BCUT2D eigenvalue weighted by Gasteiger charge is 2.48. The van der Waals surface area contributed by atoms with Crippen molar-refractivity contribution in [3.8, 4) is 0 Å². The van der Waals surface area contributed by atoms with Crippen molar-refractivity contribution in [2.75, 3.05) is 38.8 Å². The van der Waals surface area contributed by atoms with Gasteiger partial charge in [-0.2, -0.15) is 0 Å². The average Bonchev–Trinajstić information content (AvgIpc) is 3.13. The van der Waals surface area contributed by atoms with Gasteiger partial charge >= 0.3 is 0 Å². The number of nitrogens with one attached hydrogen (secondary N) is 1. The Morgan fingerprint density at radius 3 is 2.62 bits per heavy atom. The number of rotatable bonds is 7. The van der Waals surface area contributed by atoms with E-state index < -0.39 is 5.91 Å². The molecule has 4 atom stereocenters. The zero-order valence-corrected chi connectivity index (χ0v) is 14.1. The van der Waals surface area contributed by atoms with Crippen molar-refractivity contribution in [2.45, 2.75) is 30.9 Å². The largest absolute Gasteiger partial charge is 0.378 e. The Labute approximate surface area is 142 Å². The van der Waals surface area contributed by atoms with E-state index in [0.717, 1.165) is 6.54 Å². The number of hydrogen-bond acceptors (Lipinski definition) is 6. The van der Waals surface area contributed by atoms with E-state index in [0.29, 0.717) is 13.2 Å². The Bertz CT molecular complexity index is 563. The number of fused-ring (bicyclic) bond motifs is 1. The summed E-state index contributed by atoms with van der Waals surface area (Å²) in [6, 6.07) is 8.55. The Morgan fingerprint density at radius 2 is 1.96 bits per heavy atom. The minimum Gasteiger partial charge on any atom is -0.378 e.